The van der Waals surface area contributed by atoms with E-state index in [1.807, 2.05) is 5.38 Å². The Kier molecular flexibility index (Phi) is 4.66. The first-order chi connectivity index (χ1) is 10.6. The molecule has 1 aromatic carbocycles. The van der Waals surface area contributed by atoms with Gasteiger partial charge in [-0.15, -0.1) is 11.3 Å². The highest BCUT2D eigenvalue weighted by Gasteiger charge is 2.21. The van der Waals surface area contributed by atoms with E-state index >= 15 is 0 Å². The molecular formula is C15H17F2N3OS. The highest BCUT2D eigenvalue weighted by atomic mass is 32.1. The number of piperazine rings is 1. The molecule has 0 spiro atoms. The number of aliphatic hydroxyl groups excluding tert-OH is 1. The van der Waals surface area contributed by atoms with Crippen LogP contribution in [0.4, 0.5) is 13.9 Å². The Balaban J connectivity index is 1.54. The van der Waals surface area contributed by atoms with Crippen LogP contribution in [0.25, 0.3) is 0 Å². The van der Waals surface area contributed by atoms with Crippen LogP contribution >= 0.6 is 11.3 Å². The van der Waals surface area contributed by atoms with Gasteiger partial charge in [-0.05, 0) is 17.7 Å². The molecule has 0 amide bonds. The Labute approximate surface area is 131 Å². The number of nitrogens with zero attached hydrogens (tertiary/aromatic N) is 3. The molecule has 1 atom stereocenters. The van der Waals surface area contributed by atoms with Crippen LogP contribution in [-0.2, 0) is 0 Å². The molecule has 0 aliphatic carbocycles. The van der Waals surface area contributed by atoms with Crippen molar-refractivity contribution >= 4 is 16.5 Å². The standard InChI is InChI=1S/C15H17F2N3OS/c16-12-2-1-11(9-13(12)17)14(21)10-19-4-6-20(7-5-19)15-18-3-8-22-15/h1-3,8-9,14,21H,4-7,10H2. The fourth-order valence-corrected chi connectivity index (χ4v) is 3.26. The van der Waals surface area contributed by atoms with E-state index in [1.54, 1.807) is 17.5 Å². The summed E-state index contributed by atoms with van der Waals surface area (Å²) in [7, 11) is 0. The van der Waals surface area contributed by atoms with Gasteiger partial charge in [0.2, 0.25) is 0 Å². The van der Waals surface area contributed by atoms with Crippen molar-refractivity contribution in [3.63, 3.8) is 0 Å². The lowest BCUT2D eigenvalue weighted by atomic mass is 10.1. The zero-order chi connectivity index (χ0) is 15.5. The summed E-state index contributed by atoms with van der Waals surface area (Å²) in [5.74, 6) is -1.82. The summed E-state index contributed by atoms with van der Waals surface area (Å²) in [6, 6.07) is 3.54. The lowest BCUT2D eigenvalue weighted by Crippen LogP contribution is -2.47. The molecule has 0 saturated carbocycles. The quantitative estimate of drug-likeness (QED) is 0.936. The van der Waals surface area contributed by atoms with Crippen LogP contribution in [0, 0.1) is 11.6 Å². The van der Waals surface area contributed by atoms with Gasteiger partial charge in [0.05, 0.1) is 6.10 Å². The summed E-state index contributed by atoms with van der Waals surface area (Å²) in [6.45, 7) is 3.72. The van der Waals surface area contributed by atoms with E-state index in [1.165, 1.54) is 6.07 Å². The minimum Gasteiger partial charge on any atom is -0.387 e. The number of hydrogen-bond acceptors (Lipinski definition) is 5. The van der Waals surface area contributed by atoms with E-state index in [0.29, 0.717) is 12.1 Å². The summed E-state index contributed by atoms with van der Waals surface area (Å²) in [5, 5.41) is 13.2. The molecule has 1 fully saturated rings. The van der Waals surface area contributed by atoms with Crippen LogP contribution in [0.15, 0.2) is 29.8 Å². The minimum atomic E-state index is -0.926. The van der Waals surface area contributed by atoms with E-state index in [2.05, 4.69) is 14.8 Å². The molecule has 2 heterocycles. The molecule has 1 N–H and O–H groups in total. The number of β-amino-alcohol motifs (C(OH)–C–C–N with tert-alkyl or cyclic N) is 1. The van der Waals surface area contributed by atoms with Gasteiger partial charge in [-0.25, -0.2) is 13.8 Å². The van der Waals surface area contributed by atoms with Crippen LogP contribution in [0.5, 0.6) is 0 Å². The largest absolute Gasteiger partial charge is 0.387 e. The highest BCUT2D eigenvalue weighted by Crippen LogP contribution is 2.21. The molecule has 1 aliphatic heterocycles. The fourth-order valence-electron chi connectivity index (χ4n) is 2.56. The Morgan fingerprint density at radius 2 is 1.95 bits per heavy atom. The molecule has 1 aromatic heterocycles. The monoisotopic (exact) mass is 325 g/mol. The number of aliphatic hydroxyl groups is 1. The number of rotatable bonds is 4. The number of benzene rings is 1. The zero-order valence-corrected chi connectivity index (χ0v) is 12.8. The Bertz CT molecular complexity index is 615. The van der Waals surface area contributed by atoms with Crippen molar-refractivity contribution in [2.75, 3.05) is 37.6 Å². The second kappa shape index (κ2) is 6.68. The van der Waals surface area contributed by atoms with E-state index < -0.39 is 17.7 Å². The average molecular weight is 325 g/mol. The van der Waals surface area contributed by atoms with Crippen LogP contribution < -0.4 is 4.90 Å². The van der Waals surface area contributed by atoms with Gasteiger partial charge in [0.15, 0.2) is 16.8 Å². The number of anilines is 1. The Morgan fingerprint density at radius 1 is 1.18 bits per heavy atom. The minimum absolute atomic E-state index is 0.404. The van der Waals surface area contributed by atoms with E-state index in [-0.39, 0.29) is 0 Å². The Hall–Kier alpha value is -1.57. The first-order valence-corrected chi connectivity index (χ1v) is 8.01. The third kappa shape index (κ3) is 3.43. The molecule has 2 aromatic rings. The summed E-state index contributed by atoms with van der Waals surface area (Å²) in [6.07, 6.45) is 0.973. The maximum absolute atomic E-state index is 13.2. The molecule has 118 valence electrons. The number of halogens is 2. The van der Waals surface area contributed by atoms with Crippen molar-refractivity contribution in [3.8, 4) is 0 Å². The molecule has 0 radical (unpaired) electrons. The van der Waals surface area contributed by atoms with Gasteiger partial charge >= 0.3 is 0 Å². The average Bonchev–Trinajstić information content (AvgIpc) is 3.05. The molecule has 4 nitrogen and oxygen atoms in total. The van der Waals surface area contributed by atoms with Gasteiger partial charge in [0, 0.05) is 44.3 Å². The number of thiazole rings is 1. The molecule has 7 heteroatoms. The second-order valence-corrected chi connectivity index (χ2v) is 6.16. The van der Waals surface area contributed by atoms with Gasteiger partial charge in [-0.3, -0.25) is 4.90 Å². The van der Waals surface area contributed by atoms with E-state index in [4.69, 9.17) is 0 Å². The topological polar surface area (TPSA) is 39.6 Å². The summed E-state index contributed by atoms with van der Waals surface area (Å²) in [4.78, 5) is 8.63. The van der Waals surface area contributed by atoms with Crippen LogP contribution in [0.1, 0.15) is 11.7 Å². The first-order valence-electron chi connectivity index (χ1n) is 7.13. The van der Waals surface area contributed by atoms with E-state index in [0.717, 1.165) is 43.4 Å². The maximum atomic E-state index is 13.2. The summed E-state index contributed by atoms with van der Waals surface area (Å²) >= 11 is 1.61. The molecular weight excluding hydrogens is 308 g/mol. The Morgan fingerprint density at radius 3 is 2.59 bits per heavy atom. The van der Waals surface area contributed by atoms with Crippen molar-refractivity contribution in [2.24, 2.45) is 0 Å². The van der Waals surface area contributed by atoms with Crippen LogP contribution in [0.3, 0.4) is 0 Å². The second-order valence-electron chi connectivity index (χ2n) is 5.29. The number of aromatic nitrogens is 1. The third-order valence-corrected chi connectivity index (χ3v) is 4.65. The third-order valence-electron chi connectivity index (χ3n) is 3.82. The van der Waals surface area contributed by atoms with E-state index in [9.17, 15) is 13.9 Å². The molecule has 0 bridgehead atoms. The van der Waals surface area contributed by atoms with Crippen molar-refractivity contribution < 1.29 is 13.9 Å². The van der Waals surface area contributed by atoms with Gasteiger partial charge in [-0.1, -0.05) is 6.07 Å². The first kappa shape index (κ1) is 15.3. The zero-order valence-electron chi connectivity index (χ0n) is 12.0. The molecule has 1 saturated heterocycles. The lowest BCUT2D eigenvalue weighted by molar-refractivity contribution is 0.109. The molecule has 3 rings (SSSR count). The van der Waals surface area contributed by atoms with Crippen molar-refractivity contribution in [2.45, 2.75) is 6.10 Å². The summed E-state index contributed by atoms with van der Waals surface area (Å²) in [5.41, 5.74) is 0.404. The van der Waals surface area contributed by atoms with Crippen molar-refractivity contribution in [1.82, 2.24) is 9.88 Å². The predicted octanol–water partition coefficient (Wildman–Crippen LogP) is 2.28. The highest BCUT2D eigenvalue weighted by molar-refractivity contribution is 7.13. The summed E-state index contributed by atoms with van der Waals surface area (Å²) < 4.78 is 26.1. The molecule has 1 aliphatic rings. The fraction of sp³-hybridized carbons (Fsp3) is 0.400. The van der Waals surface area contributed by atoms with Gasteiger partial charge in [-0.2, -0.15) is 0 Å². The number of hydrogen-bond donors (Lipinski definition) is 1. The van der Waals surface area contributed by atoms with Crippen LogP contribution in [0.2, 0.25) is 0 Å². The lowest BCUT2D eigenvalue weighted by Gasteiger charge is -2.35. The smallest absolute Gasteiger partial charge is 0.185 e. The normalized spacial score (nSPS) is 17.7. The van der Waals surface area contributed by atoms with Crippen molar-refractivity contribution in [3.05, 3.63) is 47.0 Å². The van der Waals surface area contributed by atoms with Crippen LogP contribution in [-0.4, -0.2) is 47.7 Å². The predicted molar refractivity (Wildman–Crippen MR) is 82.1 cm³/mol. The molecule has 22 heavy (non-hydrogen) atoms. The van der Waals surface area contributed by atoms with Gasteiger partial charge in [0.25, 0.3) is 0 Å². The van der Waals surface area contributed by atoms with Gasteiger partial charge in [0.1, 0.15) is 0 Å². The molecule has 1 unspecified atom stereocenters. The van der Waals surface area contributed by atoms with Gasteiger partial charge < -0.3 is 10.0 Å². The maximum Gasteiger partial charge on any atom is 0.185 e. The van der Waals surface area contributed by atoms with Crippen molar-refractivity contribution in [1.29, 1.82) is 0 Å². The SMILES string of the molecule is OC(CN1CCN(c2nccs2)CC1)c1ccc(F)c(F)c1.